The number of hydrogen-bond acceptors (Lipinski definition) is 8. The number of aliphatic hydroxyl groups is 1. The van der Waals surface area contributed by atoms with Crippen LogP contribution in [0.15, 0.2) is 36.8 Å². The van der Waals surface area contributed by atoms with E-state index in [0.29, 0.717) is 42.4 Å². The first-order valence-electron chi connectivity index (χ1n) is 11.7. The van der Waals surface area contributed by atoms with E-state index in [1.165, 1.54) is 6.20 Å². The SMILES string of the molecule is CNc1cc(-c2cnc3n([C@H]4COC[C@@H]4OC)cccc2-3)nc2c(C(=O)NC3CC[C@@H]3O)cnn12. The maximum atomic E-state index is 13.0. The molecule has 1 saturated carbocycles. The van der Waals surface area contributed by atoms with Gasteiger partial charge in [-0.05, 0) is 25.0 Å². The van der Waals surface area contributed by atoms with Crippen LogP contribution >= 0.6 is 0 Å². The van der Waals surface area contributed by atoms with Crippen molar-refractivity contribution in [3.8, 4) is 22.6 Å². The number of hydrogen-bond donors (Lipinski definition) is 3. The van der Waals surface area contributed by atoms with E-state index in [4.69, 9.17) is 19.4 Å². The predicted molar refractivity (Wildman–Crippen MR) is 128 cm³/mol. The fourth-order valence-electron chi connectivity index (χ4n) is 4.87. The summed E-state index contributed by atoms with van der Waals surface area (Å²) in [5.74, 6) is 1.21. The number of methoxy groups -OCH3 is 1. The molecule has 6 rings (SSSR count). The van der Waals surface area contributed by atoms with E-state index in [9.17, 15) is 9.90 Å². The van der Waals surface area contributed by atoms with Gasteiger partial charge in [0.1, 0.15) is 23.3 Å². The molecule has 3 aliphatic heterocycles. The lowest BCUT2D eigenvalue weighted by Crippen LogP contribution is -2.50. The lowest BCUT2D eigenvalue weighted by Gasteiger charge is -2.32. The van der Waals surface area contributed by atoms with Crippen LogP contribution in [-0.2, 0) is 9.47 Å². The number of ether oxygens (including phenoxy) is 2. The quantitative estimate of drug-likeness (QED) is 0.382. The molecule has 1 unspecified atom stereocenters. The normalized spacial score (nSPS) is 24.1. The minimum atomic E-state index is -0.506. The van der Waals surface area contributed by atoms with Crippen LogP contribution < -0.4 is 10.6 Å². The van der Waals surface area contributed by atoms with Crippen molar-refractivity contribution in [2.45, 2.75) is 37.1 Å². The Labute approximate surface area is 201 Å². The van der Waals surface area contributed by atoms with Gasteiger partial charge < -0.3 is 29.8 Å². The fourth-order valence-corrected chi connectivity index (χ4v) is 4.87. The smallest absolute Gasteiger partial charge is 0.257 e. The van der Waals surface area contributed by atoms with E-state index >= 15 is 0 Å². The first-order chi connectivity index (χ1) is 17.1. The van der Waals surface area contributed by atoms with Crippen LogP contribution in [-0.4, -0.2) is 80.8 Å². The molecule has 182 valence electrons. The van der Waals surface area contributed by atoms with Gasteiger partial charge >= 0.3 is 0 Å². The highest BCUT2D eigenvalue weighted by atomic mass is 16.5. The van der Waals surface area contributed by atoms with Crippen molar-refractivity contribution in [1.29, 1.82) is 0 Å². The topological polar surface area (TPSA) is 128 Å². The number of aromatic nitrogens is 5. The molecule has 3 N–H and O–H groups in total. The summed E-state index contributed by atoms with van der Waals surface area (Å²) in [6, 6.07) is 5.68. The molecule has 1 amide bonds. The van der Waals surface area contributed by atoms with Crippen molar-refractivity contribution in [1.82, 2.24) is 29.5 Å². The number of anilines is 1. The molecule has 0 aromatic carbocycles. The highest BCUT2D eigenvalue weighted by Gasteiger charge is 2.33. The molecule has 2 fully saturated rings. The summed E-state index contributed by atoms with van der Waals surface area (Å²) in [6.45, 7) is 1.11. The van der Waals surface area contributed by atoms with E-state index in [1.54, 1.807) is 24.9 Å². The van der Waals surface area contributed by atoms with Crippen molar-refractivity contribution in [3.05, 3.63) is 42.4 Å². The average molecular weight is 478 g/mol. The number of pyridine rings is 1. The summed E-state index contributed by atoms with van der Waals surface area (Å²) in [6.07, 6.45) is 6.21. The van der Waals surface area contributed by atoms with Crippen LogP contribution in [0.25, 0.3) is 28.3 Å². The molecule has 11 heteroatoms. The molecule has 0 radical (unpaired) electrons. The summed E-state index contributed by atoms with van der Waals surface area (Å²) in [5, 5.41) is 20.3. The Hall–Kier alpha value is -3.54. The van der Waals surface area contributed by atoms with Crippen molar-refractivity contribution in [2.24, 2.45) is 0 Å². The zero-order valence-electron chi connectivity index (χ0n) is 19.5. The van der Waals surface area contributed by atoms with E-state index in [0.717, 1.165) is 23.4 Å². The number of nitrogens with zero attached hydrogens (tertiary/aromatic N) is 5. The van der Waals surface area contributed by atoms with Crippen LogP contribution in [0.2, 0.25) is 0 Å². The fraction of sp³-hybridized carbons (Fsp3) is 0.417. The zero-order chi connectivity index (χ0) is 24.1. The molecule has 11 nitrogen and oxygen atoms in total. The Morgan fingerprint density at radius 1 is 1.26 bits per heavy atom. The third-order valence-corrected chi connectivity index (χ3v) is 7.06. The lowest BCUT2D eigenvalue weighted by atomic mass is 9.89. The van der Waals surface area contributed by atoms with Gasteiger partial charge in [-0.3, -0.25) is 4.79 Å². The summed E-state index contributed by atoms with van der Waals surface area (Å²) < 4.78 is 15.0. The van der Waals surface area contributed by atoms with Crippen molar-refractivity contribution >= 4 is 17.4 Å². The van der Waals surface area contributed by atoms with Gasteiger partial charge in [-0.1, -0.05) is 0 Å². The maximum Gasteiger partial charge on any atom is 0.257 e. The Morgan fingerprint density at radius 3 is 2.89 bits per heavy atom. The number of aliphatic hydroxyl groups excluding tert-OH is 1. The summed E-state index contributed by atoms with van der Waals surface area (Å²) >= 11 is 0. The van der Waals surface area contributed by atoms with Crippen molar-refractivity contribution < 1.29 is 19.4 Å². The molecule has 2 aromatic rings. The van der Waals surface area contributed by atoms with Gasteiger partial charge in [0.25, 0.3) is 5.91 Å². The monoisotopic (exact) mass is 477 g/mol. The standard InChI is InChI=1S/C24H27N7O4/c1-25-21-8-17(28-23-15(10-27-31(21)23)24(33)29-16-5-6-19(16)32)14-9-26-22-13(14)4-3-7-30(22)18-11-35-12-20(18)34-2/h3-4,7-10,16,18-20,25,32H,5-6,11-12H2,1-2H3,(H,29,33)/t16?,18-,19-,20-/m0/s1. The lowest BCUT2D eigenvalue weighted by molar-refractivity contribution is 0.0448. The first kappa shape index (κ1) is 22.0. The molecule has 1 aliphatic carbocycles. The van der Waals surface area contributed by atoms with Crippen molar-refractivity contribution in [2.75, 3.05) is 32.7 Å². The van der Waals surface area contributed by atoms with Gasteiger partial charge in [0.05, 0.1) is 43.3 Å². The predicted octanol–water partition coefficient (Wildman–Crippen LogP) is 1.58. The number of rotatable bonds is 6. The molecule has 4 atom stereocenters. The second kappa shape index (κ2) is 8.59. The summed E-state index contributed by atoms with van der Waals surface area (Å²) in [7, 11) is 3.49. The number of carbonyl (C=O) groups is 1. The van der Waals surface area contributed by atoms with Gasteiger partial charge in [-0.15, -0.1) is 0 Å². The molecule has 35 heavy (non-hydrogen) atoms. The molecule has 4 aliphatic rings. The van der Waals surface area contributed by atoms with E-state index < -0.39 is 6.10 Å². The Morgan fingerprint density at radius 2 is 2.14 bits per heavy atom. The van der Waals surface area contributed by atoms with Crippen LogP contribution in [0.3, 0.4) is 0 Å². The molecule has 2 aromatic heterocycles. The van der Waals surface area contributed by atoms with E-state index in [1.807, 2.05) is 24.4 Å². The van der Waals surface area contributed by atoms with Gasteiger partial charge in [0.2, 0.25) is 0 Å². The maximum absolute atomic E-state index is 13.0. The Kier molecular flexibility index (Phi) is 5.39. The van der Waals surface area contributed by atoms with E-state index in [2.05, 4.69) is 20.3 Å². The largest absolute Gasteiger partial charge is 0.391 e. The molecular formula is C24H27N7O4. The molecular weight excluding hydrogens is 450 g/mol. The van der Waals surface area contributed by atoms with Gasteiger partial charge in [-0.2, -0.15) is 9.61 Å². The van der Waals surface area contributed by atoms with Gasteiger partial charge in [-0.25, -0.2) is 9.97 Å². The Balaban J connectivity index is 1.40. The third kappa shape index (κ3) is 3.54. The highest BCUT2D eigenvalue weighted by molar-refractivity contribution is 6.00. The van der Waals surface area contributed by atoms with Crippen LogP contribution in [0.5, 0.6) is 0 Å². The summed E-state index contributed by atoms with van der Waals surface area (Å²) in [4.78, 5) is 22.5. The zero-order valence-corrected chi connectivity index (χ0v) is 19.5. The number of carbonyl (C=O) groups excluding carboxylic acids is 1. The van der Waals surface area contributed by atoms with Crippen molar-refractivity contribution in [3.63, 3.8) is 0 Å². The second-order valence-electron chi connectivity index (χ2n) is 9.00. The number of nitrogens with one attached hydrogen (secondary N) is 2. The Bertz CT molecular complexity index is 1370. The van der Waals surface area contributed by atoms with Crippen LogP contribution in [0.1, 0.15) is 29.2 Å². The number of fused-ring (bicyclic) bond motifs is 2. The minimum Gasteiger partial charge on any atom is -0.391 e. The third-order valence-electron chi connectivity index (χ3n) is 7.06. The molecule has 5 heterocycles. The average Bonchev–Trinajstić information content (AvgIpc) is 3.63. The minimum absolute atomic E-state index is 0.0294. The van der Waals surface area contributed by atoms with Crippen LogP contribution in [0.4, 0.5) is 5.82 Å². The molecule has 0 spiro atoms. The summed E-state index contributed by atoms with van der Waals surface area (Å²) in [5.41, 5.74) is 3.25. The highest BCUT2D eigenvalue weighted by Crippen LogP contribution is 2.36. The first-order valence-corrected chi connectivity index (χ1v) is 11.7. The van der Waals surface area contributed by atoms with Gasteiger partial charge in [0, 0.05) is 43.7 Å². The van der Waals surface area contributed by atoms with E-state index in [-0.39, 0.29) is 24.1 Å². The van der Waals surface area contributed by atoms with Crippen LogP contribution in [0, 0.1) is 0 Å². The molecule has 1 saturated heterocycles. The number of amides is 1. The second-order valence-corrected chi connectivity index (χ2v) is 9.00. The van der Waals surface area contributed by atoms with Gasteiger partial charge in [0.15, 0.2) is 5.65 Å². The molecule has 0 bridgehead atoms.